The van der Waals surface area contributed by atoms with E-state index in [9.17, 15) is 9.59 Å². The van der Waals surface area contributed by atoms with Gasteiger partial charge in [0.2, 0.25) is 5.91 Å². The Bertz CT molecular complexity index is 979. The molecule has 0 radical (unpaired) electrons. The van der Waals surface area contributed by atoms with Crippen molar-refractivity contribution in [3.8, 4) is 5.75 Å². The Labute approximate surface area is 168 Å². The standard InChI is InChI=1S/C22H23N3O4/c1-28-18-8-6-16(7-9-18)23-21(26)13-17-14-29-11-10-25(17)22(27)20-12-15-4-2-3-5-19(15)24-20/h2-9,12,17,24H,10-11,13-14H2,1H3,(H,23,26)/t17-/m0/s1. The highest BCUT2D eigenvalue weighted by atomic mass is 16.5. The van der Waals surface area contributed by atoms with E-state index in [4.69, 9.17) is 9.47 Å². The molecule has 150 valence electrons. The minimum atomic E-state index is -0.319. The number of para-hydroxylation sites is 1. The summed E-state index contributed by atoms with van der Waals surface area (Å²) >= 11 is 0. The van der Waals surface area contributed by atoms with Crippen LogP contribution in [0.15, 0.2) is 54.6 Å². The summed E-state index contributed by atoms with van der Waals surface area (Å²) in [5.41, 5.74) is 2.12. The Kier molecular flexibility index (Phi) is 5.48. The van der Waals surface area contributed by atoms with Gasteiger partial charge in [0.25, 0.3) is 5.91 Å². The van der Waals surface area contributed by atoms with Gasteiger partial charge in [0, 0.05) is 29.6 Å². The lowest BCUT2D eigenvalue weighted by Gasteiger charge is -2.35. The van der Waals surface area contributed by atoms with E-state index in [2.05, 4.69) is 10.3 Å². The molecule has 0 saturated carbocycles. The van der Waals surface area contributed by atoms with Gasteiger partial charge in [0.15, 0.2) is 0 Å². The molecular formula is C22H23N3O4. The van der Waals surface area contributed by atoms with E-state index < -0.39 is 0 Å². The van der Waals surface area contributed by atoms with E-state index in [1.54, 1.807) is 36.3 Å². The van der Waals surface area contributed by atoms with Crippen LogP contribution >= 0.6 is 0 Å². The topological polar surface area (TPSA) is 83.7 Å². The molecule has 0 spiro atoms. The van der Waals surface area contributed by atoms with Crippen LogP contribution in [0.5, 0.6) is 5.75 Å². The van der Waals surface area contributed by atoms with Crippen LogP contribution in [0.4, 0.5) is 5.69 Å². The van der Waals surface area contributed by atoms with Crippen molar-refractivity contribution in [2.24, 2.45) is 0 Å². The average Bonchev–Trinajstić information content (AvgIpc) is 3.18. The number of carbonyl (C=O) groups excluding carboxylic acids is 2. The van der Waals surface area contributed by atoms with Gasteiger partial charge in [0.1, 0.15) is 11.4 Å². The first-order chi connectivity index (χ1) is 14.1. The third kappa shape index (κ3) is 4.25. The predicted molar refractivity (Wildman–Crippen MR) is 110 cm³/mol. The summed E-state index contributed by atoms with van der Waals surface area (Å²) in [4.78, 5) is 30.5. The molecule has 4 rings (SSSR count). The van der Waals surface area contributed by atoms with Gasteiger partial charge >= 0.3 is 0 Å². The van der Waals surface area contributed by atoms with Crippen LogP contribution in [0.3, 0.4) is 0 Å². The fourth-order valence-electron chi connectivity index (χ4n) is 3.53. The highest BCUT2D eigenvalue weighted by molar-refractivity contribution is 5.99. The Morgan fingerprint density at radius 3 is 2.76 bits per heavy atom. The summed E-state index contributed by atoms with van der Waals surface area (Å²) in [5.74, 6) is 0.436. The summed E-state index contributed by atoms with van der Waals surface area (Å²) < 4.78 is 10.7. The van der Waals surface area contributed by atoms with Gasteiger partial charge in [0.05, 0.1) is 26.4 Å². The number of amides is 2. The zero-order valence-electron chi connectivity index (χ0n) is 16.2. The molecule has 2 N–H and O–H groups in total. The second-order valence-corrected chi connectivity index (χ2v) is 6.98. The molecule has 0 bridgehead atoms. The maximum atomic E-state index is 13.1. The van der Waals surface area contributed by atoms with Crippen molar-refractivity contribution < 1.29 is 19.1 Å². The summed E-state index contributed by atoms with van der Waals surface area (Å²) in [6.45, 7) is 1.25. The molecule has 29 heavy (non-hydrogen) atoms. The van der Waals surface area contributed by atoms with Gasteiger partial charge < -0.3 is 24.7 Å². The number of aromatic amines is 1. The number of rotatable bonds is 5. The fraction of sp³-hybridized carbons (Fsp3) is 0.273. The molecule has 7 nitrogen and oxygen atoms in total. The lowest BCUT2D eigenvalue weighted by molar-refractivity contribution is -0.118. The SMILES string of the molecule is COc1ccc(NC(=O)C[C@H]2COCCN2C(=O)c2cc3ccccc3[nH]2)cc1. The van der Waals surface area contributed by atoms with Crippen LogP contribution in [0.25, 0.3) is 10.9 Å². The Morgan fingerprint density at radius 1 is 1.21 bits per heavy atom. The van der Waals surface area contributed by atoms with E-state index >= 15 is 0 Å². The molecule has 1 aliphatic heterocycles. The quantitative estimate of drug-likeness (QED) is 0.698. The molecule has 3 aromatic rings. The predicted octanol–water partition coefficient (Wildman–Crippen LogP) is 3.05. The van der Waals surface area contributed by atoms with Gasteiger partial charge in [-0.2, -0.15) is 0 Å². The first-order valence-electron chi connectivity index (χ1n) is 9.54. The molecule has 2 aromatic carbocycles. The molecule has 2 heterocycles. The molecule has 1 fully saturated rings. The molecule has 1 atom stereocenters. The van der Waals surface area contributed by atoms with Crippen molar-refractivity contribution in [3.05, 3.63) is 60.3 Å². The number of fused-ring (bicyclic) bond motifs is 1. The number of benzene rings is 2. The maximum Gasteiger partial charge on any atom is 0.270 e. The first kappa shape index (κ1) is 19.0. The van der Waals surface area contributed by atoms with Crippen LogP contribution in [-0.2, 0) is 9.53 Å². The minimum absolute atomic E-state index is 0.119. The number of methoxy groups -OCH3 is 1. The molecule has 0 aliphatic carbocycles. The van der Waals surface area contributed by atoms with Crippen molar-refractivity contribution in [1.29, 1.82) is 0 Å². The van der Waals surface area contributed by atoms with Crippen LogP contribution in [0.2, 0.25) is 0 Å². The van der Waals surface area contributed by atoms with Crippen molar-refractivity contribution in [2.45, 2.75) is 12.5 Å². The van der Waals surface area contributed by atoms with Crippen molar-refractivity contribution in [2.75, 3.05) is 32.2 Å². The largest absolute Gasteiger partial charge is 0.497 e. The summed E-state index contributed by atoms with van der Waals surface area (Å²) in [6, 6.07) is 16.4. The number of aromatic nitrogens is 1. The maximum absolute atomic E-state index is 13.1. The first-order valence-corrected chi connectivity index (χ1v) is 9.54. The Balaban J connectivity index is 1.45. The molecule has 7 heteroatoms. The zero-order chi connectivity index (χ0) is 20.2. The second kappa shape index (κ2) is 8.36. The molecule has 1 saturated heterocycles. The lowest BCUT2D eigenvalue weighted by atomic mass is 10.1. The smallest absolute Gasteiger partial charge is 0.270 e. The van der Waals surface area contributed by atoms with Gasteiger partial charge in [-0.05, 0) is 36.4 Å². The highest BCUT2D eigenvalue weighted by Gasteiger charge is 2.30. The third-order valence-electron chi connectivity index (χ3n) is 5.04. The van der Waals surface area contributed by atoms with E-state index in [0.29, 0.717) is 31.1 Å². The second-order valence-electron chi connectivity index (χ2n) is 6.98. The number of ether oxygens (including phenoxy) is 2. The molecular weight excluding hydrogens is 370 g/mol. The van der Waals surface area contributed by atoms with E-state index in [-0.39, 0.29) is 24.3 Å². The molecule has 1 aromatic heterocycles. The highest BCUT2D eigenvalue weighted by Crippen LogP contribution is 2.20. The Morgan fingerprint density at radius 2 is 2.00 bits per heavy atom. The third-order valence-corrected chi connectivity index (χ3v) is 5.04. The van der Waals surface area contributed by atoms with E-state index in [1.165, 1.54) is 0 Å². The van der Waals surface area contributed by atoms with Gasteiger partial charge in [-0.3, -0.25) is 9.59 Å². The molecule has 2 amide bonds. The average molecular weight is 393 g/mol. The number of morpholine rings is 1. The van der Waals surface area contributed by atoms with Crippen LogP contribution < -0.4 is 10.1 Å². The monoisotopic (exact) mass is 393 g/mol. The van der Waals surface area contributed by atoms with Gasteiger partial charge in [-0.1, -0.05) is 18.2 Å². The Hall–Kier alpha value is -3.32. The van der Waals surface area contributed by atoms with Crippen LogP contribution in [0.1, 0.15) is 16.9 Å². The van der Waals surface area contributed by atoms with E-state index in [0.717, 1.165) is 16.7 Å². The number of carbonyl (C=O) groups is 2. The van der Waals surface area contributed by atoms with Crippen molar-refractivity contribution >= 4 is 28.4 Å². The summed E-state index contributed by atoms with van der Waals surface area (Å²) in [6.07, 6.45) is 0.165. The summed E-state index contributed by atoms with van der Waals surface area (Å²) in [7, 11) is 1.59. The normalized spacial score (nSPS) is 16.6. The zero-order valence-corrected chi connectivity index (χ0v) is 16.2. The van der Waals surface area contributed by atoms with Crippen LogP contribution in [-0.4, -0.2) is 54.6 Å². The minimum Gasteiger partial charge on any atom is -0.497 e. The van der Waals surface area contributed by atoms with Crippen molar-refractivity contribution in [1.82, 2.24) is 9.88 Å². The number of hydrogen-bond acceptors (Lipinski definition) is 4. The van der Waals surface area contributed by atoms with Gasteiger partial charge in [-0.25, -0.2) is 0 Å². The number of H-pyrrole nitrogens is 1. The van der Waals surface area contributed by atoms with Crippen molar-refractivity contribution in [3.63, 3.8) is 0 Å². The van der Waals surface area contributed by atoms with Crippen LogP contribution in [0, 0.1) is 0 Å². The number of anilines is 1. The molecule has 1 aliphatic rings. The van der Waals surface area contributed by atoms with E-state index in [1.807, 2.05) is 30.3 Å². The molecule has 0 unspecified atom stereocenters. The fourth-order valence-corrected chi connectivity index (χ4v) is 3.53. The number of nitrogens with one attached hydrogen (secondary N) is 2. The van der Waals surface area contributed by atoms with Gasteiger partial charge in [-0.15, -0.1) is 0 Å². The number of hydrogen-bond donors (Lipinski definition) is 2. The number of nitrogens with zero attached hydrogens (tertiary/aromatic N) is 1. The lowest BCUT2D eigenvalue weighted by Crippen LogP contribution is -2.50. The summed E-state index contributed by atoms with van der Waals surface area (Å²) in [5, 5.41) is 3.85.